The molecule has 1 saturated heterocycles. The Morgan fingerprint density at radius 3 is 2.37 bits per heavy atom. The van der Waals surface area contributed by atoms with Gasteiger partial charge in [0, 0.05) is 22.4 Å². The molecular formula is C28H32Cl2N2O3. The number of rotatable bonds is 6. The third-order valence-corrected chi connectivity index (χ3v) is 6.95. The van der Waals surface area contributed by atoms with Crippen LogP contribution >= 0.6 is 23.2 Å². The van der Waals surface area contributed by atoms with Crippen LogP contribution in [-0.4, -0.2) is 28.4 Å². The Bertz CT molecular complexity index is 1120. The maximum Gasteiger partial charge on any atom is 0.329 e. The number of halogens is 2. The van der Waals surface area contributed by atoms with Gasteiger partial charge in [0.2, 0.25) is 5.91 Å². The van der Waals surface area contributed by atoms with Crippen LogP contribution in [0.2, 0.25) is 10.0 Å². The SMILES string of the molecule is CC[C@@H](C(=O)OC(C)(C)C)N1C(=O)[C@@](C)(CC#N)C[C@H](c2cccc(Cl)c2)[C@H]1c1ccc(Cl)cc1. The molecule has 0 saturated carbocycles. The van der Waals surface area contributed by atoms with E-state index in [4.69, 9.17) is 27.9 Å². The molecule has 1 aliphatic heterocycles. The number of carbonyl (C=O) groups excluding carboxylic acids is 2. The summed E-state index contributed by atoms with van der Waals surface area (Å²) in [4.78, 5) is 29.2. The van der Waals surface area contributed by atoms with E-state index in [-0.39, 0.29) is 18.2 Å². The average Bonchev–Trinajstić information content (AvgIpc) is 2.77. The van der Waals surface area contributed by atoms with Gasteiger partial charge in [-0.25, -0.2) is 4.79 Å². The van der Waals surface area contributed by atoms with E-state index in [1.165, 1.54) is 0 Å². The Kier molecular flexibility index (Phi) is 8.19. The molecule has 1 amide bonds. The van der Waals surface area contributed by atoms with E-state index in [9.17, 15) is 14.9 Å². The van der Waals surface area contributed by atoms with Gasteiger partial charge in [-0.15, -0.1) is 0 Å². The predicted octanol–water partition coefficient (Wildman–Crippen LogP) is 7.09. The van der Waals surface area contributed by atoms with Crippen molar-refractivity contribution in [1.29, 1.82) is 5.26 Å². The first-order valence-electron chi connectivity index (χ1n) is 11.8. The summed E-state index contributed by atoms with van der Waals surface area (Å²) in [5.41, 5.74) is 0.119. The van der Waals surface area contributed by atoms with E-state index in [1.54, 1.807) is 43.9 Å². The highest BCUT2D eigenvalue weighted by Gasteiger charge is 2.53. The number of carbonyl (C=O) groups is 2. The zero-order chi connectivity index (χ0) is 26.0. The number of benzene rings is 2. The van der Waals surface area contributed by atoms with Gasteiger partial charge in [-0.3, -0.25) is 4.79 Å². The Morgan fingerprint density at radius 1 is 1.17 bits per heavy atom. The molecule has 0 N–H and O–H groups in total. The number of hydrogen-bond donors (Lipinski definition) is 0. The molecule has 4 atom stereocenters. The molecule has 186 valence electrons. The molecule has 0 radical (unpaired) electrons. The van der Waals surface area contributed by atoms with Gasteiger partial charge in [-0.2, -0.15) is 5.26 Å². The van der Waals surface area contributed by atoms with E-state index < -0.39 is 29.1 Å². The molecule has 35 heavy (non-hydrogen) atoms. The standard InChI is InChI=1S/C28H32Cl2N2O3/c1-6-23(25(33)35-27(2,3)4)32-24(18-10-12-20(29)13-11-18)22(19-8-7-9-21(30)16-19)17-28(5,14-15-31)26(32)34/h7-13,16,22-24H,6,14,17H2,1-5H3/t22-,23+,24-,28+/m1/s1. The number of ether oxygens (including phenoxy) is 1. The summed E-state index contributed by atoms with van der Waals surface area (Å²) < 4.78 is 5.74. The van der Waals surface area contributed by atoms with E-state index in [2.05, 4.69) is 6.07 Å². The summed E-state index contributed by atoms with van der Waals surface area (Å²) in [6.45, 7) is 9.09. The van der Waals surface area contributed by atoms with Crippen molar-refractivity contribution >= 4 is 35.1 Å². The van der Waals surface area contributed by atoms with Gasteiger partial charge >= 0.3 is 5.97 Å². The first-order chi connectivity index (χ1) is 16.4. The Morgan fingerprint density at radius 2 is 1.83 bits per heavy atom. The summed E-state index contributed by atoms with van der Waals surface area (Å²) in [6, 6.07) is 15.8. The van der Waals surface area contributed by atoms with Crippen LogP contribution in [0.3, 0.4) is 0 Å². The minimum absolute atomic E-state index is 0.0392. The van der Waals surface area contributed by atoms with Gasteiger partial charge in [0.15, 0.2) is 0 Å². The quantitative estimate of drug-likeness (QED) is 0.385. The van der Waals surface area contributed by atoms with Crippen LogP contribution in [0.25, 0.3) is 0 Å². The molecule has 0 spiro atoms. The van der Waals surface area contributed by atoms with Crippen LogP contribution in [0.1, 0.15) is 77.0 Å². The monoisotopic (exact) mass is 514 g/mol. The summed E-state index contributed by atoms with van der Waals surface area (Å²) in [6.07, 6.45) is 0.849. The lowest BCUT2D eigenvalue weighted by Gasteiger charge is -2.51. The van der Waals surface area contributed by atoms with Crippen LogP contribution in [0, 0.1) is 16.7 Å². The van der Waals surface area contributed by atoms with Crippen LogP contribution in [0.5, 0.6) is 0 Å². The van der Waals surface area contributed by atoms with Crippen molar-refractivity contribution in [2.75, 3.05) is 0 Å². The first kappa shape index (κ1) is 27.0. The van der Waals surface area contributed by atoms with Crippen molar-refractivity contribution in [2.45, 2.75) is 77.5 Å². The fraction of sp³-hybridized carbons (Fsp3) is 0.464. The van der Waals surface area contributed by atoms with Crippen molar-refractivity contribution in [2.24, 2.45) is 5.41 Å². The number of amides is 1. The molecule has 0 unspecified atom stereocenters. The molecule has 0 aliphatic carbocycles. The average molecular weight is 515 g/mol. The second kappa shape index (κ2) is 10.6. The van der Waals surface area contributed by atoms with Crippen LogP contribution in [0.4, 0.5) is 0 Å². The number of nitriles is 1. The first-order valence-corrected chi connectivity index (χ1v) is 12.6. The lowest BCUT2D eigenvalue weighted by Crippen LogP contribution is -2.58. The lowest BCUT2D eigenvalue weighted by atomic mass is 9.67. The summed E-state index contributed by atoms with van der Waals surface area (Å²) in [5.74, 6) is -0.893. The molecule has 2 aromatic carbocycles. The third kappa shape index (κ3) is 6.00. The molecule has 0 bridgehead atoms. The van der Waals surface area contributed by atoms with Gasteiger partial charge in [0.25, 0.3) is 0 Å². The second-order valence-electron chi connectivity index (χ2n) is 10.4. The zero-order valence-electron chi connectivity index (χ0n) is 20.8. The van der Waals surface area contributed by atoms with Crippen molar-refractivity contribution in [3.8, 4) is 6.07 Å². The van der Waals surface area contributed by atoms with E-state index in [0.717, 1.165) is 11.1 Å². The van der Waals surface area contributed by atoms with Gasteiger partial charge in [0.05, 0.1) is 17.5 Å². The maximum absolute atomic E-state index is 14.1. The maximum atomic E-state index is 14.1. The number of nitrogens with zero attached hydrogens (tertiary/aromatic N) is 2. The Balaban J connectivity index is 2.24. The fourth-order valence-electron chi connectivity index (χ4n) is 4.91. The molecule has 1 aliphatic rings. The van der Waals surface area contributed by atoms with Crippen molar-refractivity contribution in [3.05, 3.63) is 69.7 Å². The van der Waals surface area contributed by atoms with Crippen molar-refractivity contribution in [1.82, 2.24) is 4.90 Å². The predicted molar refractivity (Wildman–Crippen MR) is 138 cm³/mol. The molecule has 3 rings (SSSR count). The van der Waals surface area contributed by atoms with E-state index >= 15 is 0 Å². The van der Waals surface area contributed by atoms with Crippen molar-refractivity contribution in [3.63, 3.8) is 0 Å². The smallest absolute Gasteiger partial charge is 0.329 e. The molecule has 1 heterocycles. The molecule has 7 heteroatoms. The molecule has 2 aromatic rings. The minimum Gasteiger partial charge on any atom is -0.458 e. The van der Waals surface area contributed by atoms with Gasteiger partial charge in [0.1, 0.15) is 11.6 Å². The normalized spacial score (nSPS) is 23.5. The van der Waals surface area contributed by atoms with Crippen molar-refractivity contribution < 1.29 is 14.3 Å². The Hall–Kier alpha value is -2.55. The molecule has 5 nitrogen and oxygen atoms in total. The second-order valence-corrected chi connectivity index (χ2v) is 11.3. The number of likely N-dealkylation sites (tertiary alicyclic amines) is 1. The molecule has 0 aromatic heterocycles. The lowest BCUT2D eigenvalue weighted by molar-refractivity contribution is -0.173. The van der Waals surface area contributed by atoms with Gasteiger partial charge in [-0.05, 0) is 75.9 Å². The topological polar surface area (TPSA) is 70.4 Å². The number of esters is 1. The third-order valence-electron chi connectivity index (χ3n) is 6.46. The summed E-state index contributed by atoms with van der Waals surface area (Å²) in [5, 5.41) is 10.8. The Labute approximate surface area is 218 Å². The highest BCUT2D eigenvalue weighted by Crippen LogP contribution is 2.52. The highest BCUT2D eigenvalue weighted by atomic mass is 35.5. The van der Waals surface area contributed by atoms with Gasteiger partial charge in [-0.1, -0.05) is 54.4 Å². The summed E-state index contributed by atoms with van der Waals surface area (Å²) in [7, 11) is 0. The van der Waals surface area contributed by atoms with Crippen LogP contribution < -0.4 is 0 Å². The summed E-state index contributed by atoms with van der Waals surface area (Å²) >= 11 is 12.5. The fourth-order valence-corrected chi connectivity index (χ4v) is 5.24. The molecular weight excluding hydrogens is 483 g/mol. The van der Waals surface area contributed by atoms with Gasteiger partial charge < -0.3 is 9.64 Å². The van der Waals surface area contributed by atoms with E-state index in [1.807, 2.05) is 44.2 Å². The minimum atomic E-state index is -0.972. The zero-order valence-corrected chi connectivity index (χ0v) is 22.4. The van der Waals surface area contributed by atoms with E-state index in [0.29, 0.717) is 22.9 Å². The van der Waals surface area contributed by atoms with Crippen LogP contribution in [-0.2, 0) is 14.3 Å². The number of piperidine rings is 1. The van der Waals surface area contributed by atoms with Crippen LogP contribution in [0.15, 0.2) is 48.5 Å². The molecule has 1 fully saturated rings. The highest BCUT2D eigenvalue weighted by molar-refractivity contribution is 6.30. The number of hydrogen-bond acceptors (Lipinski definition) is 4. The largest absolute Gasteiger partial charge is 0.458 e.